The summed E-state index contributed by atoms with van der Waals surface area (Å²) in [4.78, 5) is 19.2. The van der Waals surface area contributed by atoms with Crippen molar-refractivity contribution in [2.45, 2.75) is 25.6 Å². The van der Waals surface area contributed by atoms with Gasteiger partial charge in [0.15, 0.2) is 0 Å². The van der Waals surface area contributed by atoms with Gasteiger partial charge in [-0.15, -0.1) is 11.3 Å². The van der Waals surface area contributed by atoms with Crippen LogP contribution in [0.2, 0.25) is 0 Å². The van der Waals surface area contributed by atoms with E-state index in [1.54, 1.807) is 11.3 Å². The fourth-order valence-corrected chi connectivity index (χ4v) is 4.48. The van der Waals surface area contributed by atoms with Crippen LogP contribution in [0.15, 0.2) is 42.5 Å². The molecule has 1 aromatic carbocycles. The number of thiophene rings is 1. The topological polar surface area (TPSA) is 32.8 Å². The van der Waals surface area contributed by atoms with E-state index < -0.39 is 0 Å². The van der Waals surface area contributed by atoms with Gasteiger partial charge in [0.25, 0.3) is 5.91 Å². The van der Waals surface area contributed by atoms with Crippen LogP contribution in [0.4, 0.5) is 0 Å². The Hall–Kier alpha value is -1.69. The van der Waals surface area contributed by atoms with Crippen molar-refractivity contribution in [1.29, 1.82) is 0 Å². The zero-order valence-electron chi connectivity index (χ0n) is 13.9. The third kappa shape index (κ3) is 3.11. The first kappa shape index (κ1) is 15.8. The number of carbonyl (C=O) groups excluding carboxylic acids is 1. The van der Waals surface area contributed by atoms with E-state index in [0.717, 1.165) is 31.1 Å². The van der Waals surface area contributed by atoms with Gasteiger partial charge in [0.1, 0.15) is 0 Å². The summed E-state index contributed by atoms with van der Waals surface area (Å²) >= 11 is 1.57. The van der Waals surface area contributed by atoms with E-state index in [9.17, 15) is 4.79 Å². The van der Waals surface area contributed by atoms with E-state index in [2.05, 4.69) is 29.2 Å². The number of hydrogen-bond donors (Lipinski definition) is 0. The van der Waals surface area contributed by atoms with Crippen LogP contribution in [0.1, 0.15) is 20.1 Å². The summed E-state index contributed by atoms with van der Waals surface area (Å²) in [7, 11) is 0. The first-order valence-corrected chi connectivity index (χ1v) is 9.27. The van der Waals surface area contributed by atoms with Gasteiger partial charge in [-0.3, -0.25) is 9.69 Å². The molecule has 0 saturated carbocycles. The zero-order valence-corrected chi connectivity index (χ0v) is 14.7. The average Bonchev–Trinajstić information content (AvgIpc) is 3.22. The van der Waals surface area contributed by atoms with Crippen LogP contribution in [-0.2, 0) is 11.3 Å². The summed E-state index contributed by atoms with van der Waals surface area (Å²) in [6, 6.07) is 14.8. The number of fused-ring (bicyclic) bond motifs is 1. The Morgan fingerprint density at radius 3 is 2.79 bits per heavy atom. The maximum atomic E-state index is 12.7. The van der Waals surface area contributed by atoms with Gasteiger partial charge in [-0.1, -0.05) is 30.3 Å². The molecule has 0 bridgehead atoms. The fraction of sp³-hybridized carbons (Fsp3) is 0.421. The lowest BCUT2D eigenvalue weighted by Crippen LogP contribution is -2.50. The molecule has 4 nitrogen and oxygen atoms in total. The Morgan fingerprint density at radius 2 is 2.04 bits per heavy atom. The molecule has 2 aliphatic heterocycles. The quantitative estimate of drug-likeness (QED) is 0.860. The van der Waals surface area contributed by atoms with Gasteiger partial charge in [0.05, 0.1) is 23.6 Å². The second-order valence-electron chi connectivity index (χ2n) is 6.55. The van der Waals surface area contributed by atoms with Crippen LogP contribution in [-0.4, -0.2) is 54.1 Å². The van der Waals surface area contributed by atoms with Crippen LogP contribution in [0, 0.1) is 6.92 Å². The van der Waals surface area contributed by atoms with Gasteiger partial charge < -0.3 is 9.64 Å². The van der Waals surface area contributed by atoms with Crippen molar-refractivity contribution in [3.05, 3.63) is 57.8 Å². The van der Waals surface area contributed by atoms with E-state index in [0.29, 0.717) is 12.6 Å². The SMILES string of the molecule is Cc1ccc(C(=O)N2C[C@@H]3[C@@H](C2)OCCN3Cc2ccccc2)s1. The second kappa shape index (κ2) is 6.67. The molecule has 126 valence electrons. The van der Waals surface area contributed by atoms with Crippen molar-refractivity contribution in [2.24, 2.45) is 0 Å². The molecule has 2 aromatic rings. The van der Waals surface area contributed by atoms with Gasteiger partial charge in [-0.25, -0.2) is 0 Å². The maximum Gasteiger partial charge on any atom is 0.264 e. The Balaban J connectivity index is 1.47. The molecule has 2 aliphatic rings. The first-order chi connectivity index (χ1) is 11.7. The molecule has 0 radical (unpaired) electrons. The summed E-state index contributed by atoms with van der Waals surface area (Å²) in [5, 5.41) is 0. The van der Waals surface area contributed by atoms with E-state index in [-0.39, 0.29) is 12.0 Å². The molecule has 3 heterocycles. The van der Waals surface area contributed by atoms with Gasteiger partial charge in [-0.2, -0.15) is 0 Å². The van der Waals surface area contributed by atoms with Gasteiger partial charge in [0.2, 0.25) is 0 Å². The Labute approximate surface area is 146 Å². The monoisotopic (exact) mass is 342 g/mol. The Bertz CT molecular complexity index is 715. The molecule has 1 amide bonds. The molecule has 0 aliphatic carbocycles. The third-order valence-corrected chi connectivity index (χ3v) is 5.87. The van der Waals surface area contributed by atoms with Crippen molar-refractivity contribution in [1.82, 2.24) is 9.80 Å². The van der Waals surface area contributed by atoms with Gasteiger partial charge in [0, 0.05) is 31.1 Å². The first-order valence-electron chi connectivity index (χ1n) is 8.46. The van der Waals surface area contributed by atoms with Crippen LogP contribution in [0.25, 0.3) is 0 Å². The standard InChI is InChI=1S/C19H22N2O2S/c1-14-7-8-18(24-14)19(22)21-12-16-17(13-21)23-10-9-20(16)11-15-5-3-2-4-6-15/h2-8,16-17H,9-13H2,1H3/t16-,17-/m1/s1. The number of ether oxygens (including phenoxy) is 1. The van der Waals surface area contributed by atoms with Crippen LogP contribution in [0.3, 0.4) is 0 Å². The zero-order chi connectivity index (χ0) is 16.5. The third-order valence-electron chi connectivity index (χ3n) is 4.88. The average molecular weight is 342 g/mol. The number of likely N-dealkylation sites (tertiary alicyclic amines) is 1. The van der Waals surface area contributed by atoms with Crippen LogP contribution >= 0.6 is 11.3 Å². The molecule has 0 unspecified atom stereocenters. The van der Waals surface area contributed by atoms with Gasteiger partial charge >= 0.3 is 0 Å². The van der Waals surface area contributed by atoms with E-state index in [1.165, 1.54) is 10.4 Å². The highest BCUT2D eigenvalue weighted by Crippen LogP contribution is 2.27. The number of amides is 1. The van der Waals surface area contributed by atoms with Crippen molar-refractivity contribution in [3.63, 3.8) is 0 Å². The van der Waals surface area contributed by atoms with Crippen molar-refractivity contribution in [3.8, 4) is 0 Å². The molecule has 2 atom stereocenters. The Kier molecular flexibility index (Phi) is 4.39. The minimum atomic E-state index is 0.132. The molecule has 0 N–H and O–H groups in total. The fourth-order valence-electron chi connectivity index (χ4n) is 3.64. The molecule has 0 spiro atoms. The van der Waals surface area contributed by atoms with Gasteiger partial charge in [-0.05, 0) is 24.6 Å². The van der Waals surface area contributed by atoms with Crippen LogP contribution in [0.5, 0.6) is 0 Å². The summed E-state index contributed by atoms with van der Waals surface area (Å²) in [5.41, 5.74) is 1.32. The summed E-state index contributed by atoms with van der Waals surface area (Å²) in [6.07, 6.45) is 0.132. The highest BCUT2D eigenvalue weighted by atomic mass is 32.1. The predicted octanol–water partition coefficient (Wildman–Crippen LogP) is 2.78. The summed E-state index contributed by atoms with van der Waals surface area (Å²) in [6.45, 7) is 6.09. The lowest BCUT2D eigenvalue weighted by Gasteiger charge is -2.36. The molecule has 4 rings (SSSR count). The lowest BCUT2D eigenvalue weighted by atomic mass is 10.1. The van der Waals surface area contributed by atoms with E-state index >= 15 is 0 Å². The number of rotatable bonds is 3. The highest BCUT2D eigenvalue weighted by Gasteiger charge is 2.42. The highest BCUT2D eigenvalue weighted by molar-refractivity contribution is 7.13. The van der Waals surface area contributed by atoms with Crippen molar-refractivity contribution in [2.75, 3.05) is 26.2 Å². The number of nitrogens with zero attached hydrogens (tertiary/aromatic N) is 2. The molecule has 5 heteroatoms. The van der Waals surface area contributed by atoms with Crippen LogP contribution < -0.4 is 0 Å². The van der Waals surface area contributed by atoms with Crippen molar-refractivity contribution >= 4 is 17.2 Å². The molecule has 24 heavy (non-hydrogen) atoms. The largest absolute Gasteiger partial charge is 0.373 e. The number of hydrogen-bond acceptors (Lipinski definition) is 4. The summed E-state index contributed by atoms with van der Waals surface area (Å²) < 4.78 is 5.96. The molecule has 2 fully saturated rings. The number of aryl methyl sites for hydroxylation is 1. The minimum absolute atomic E-state index is 0.132. The maximum absolute atomic E-state index is 12.7. The van der Waals surface area contributed by atoms with Crippen molar-refractivity contribution < 1.29 is 9.53 Å². The molecular formula is C19H22N2O2S. The lowest BCUT2D eigenvalue weighted by molar-refractivity contribution is -0.0503. The normalized spacial score (nSPS) is 24.1. The smallest absolute Gasteiger partial charge is 0.264 e. The predicted molar refractivity (Wildman–Crippen MR) is 95.3 cm³/mol. The Morgan fingerprint density at radius 1 is 1.21 bits per heavy atom. The second-order valence-corrected chi connectivity index (χ2v) is 7.84. The summed E-state index contributed by atoms with van der Waals surface area (Å²) in [5.74, 6) is 0.144. The number of carbonyl (C=O) groups is 1. The number of benzene rings is 1. The molecule has 1 aromatic heterocycles. The number of morpholine rings is 1. The minimum Gasteiger partial charge on any atom is -0.373 e. The molecule has 2 saturated heterocycles. The van der Waals surface area contributed by atoms with E-state index in [4.69, 9.17) is 4.74 Å². The molecular weight excluding hydrogens is 320 g/mol. The van der Waals surface area contributed by atoms with E-state index in [1.807, 2.05) is 30.0 Å².